The first-order chi connectivity index (χ1) is 27.5. The van der Waals surface area contributed by atoms with Gasteiger partial charge >= 0.3 is 17.9 Å². The van der Waals surface area contributed by atoms with E-state index in [0.29, 0.717) is 37.6 Å². The van der Waals surface area contributed by atoms with E-state index in [9.17, 15) is 14.4 Å². The SMILES string of the molecule is C=CC(=O)OCCCCCCCCCCCOc1ccc(OC(=O)C#Cc2ccc(C3CCC(OCCCCCCCCCCCOC(=O)C=C)CC3)s2)cc1. The smallest absolute Gasteiger partial charge is 0.390 e. The van der Waals surface area contributed by atoms with Gasteiger partial charge in [-0.25, -0.2) is 14.4 Å². The number of carbonyl (C=O) groups excluding carboxylic acids is 3. The van der Waals surface area contributed by atoms with Gasteiger partial charge in [0, 0.05) is 29.6 Å². The highest BCUT2D eigenvalue weighted by atomic mass is 32.1. The largest absolute Gasteiger partial charge is 0.494 e. The molecule has 8 nitrogen and oxygen atoms in total. The second kappa shape index (κ2) is 30.3. The number of benzene rings is 1. The van der Waals surface area contributed by atoms with Crippen LogP contribution in [0.25, 0.3) is 0 Å². The van der Waals surface area contributed by atoms with Crippen LogP contribution in [0.5, 0.6) is 11.5 Å². The van der Waals surface area contributed by atoms with E-state index in [-0.39, 0.29) is 11.9 Å². The molecule has 2 aromatic rings. The summed E-state index contributed by atoms with van der Waals surface area (Å²) in [5.41, 5.74) is 0. The van der Waals surface area contributed by atoms with Crippen molar-refractivity contribution in [3.05, 3.63) is 71.5 Å². The average molecular weight is 791 g/mol. The van der Waals surface area contributed by atoms with E-state index in [1.165, 1.54) is 87.7 Å². The molecule has 0 radical (unpaired) electrons. The summed E-state index contributed by atoms with van der Waals surface area (Å²) in [5.74, 6) is 6.13. The Kier molecular flexibility index (Phi) is 25.2. The van der Waals surface area contributed by atoms with Crippen molar-refractivity contribution in [1.29, 1.82) is 0 Å². The minimum Gasteiger partial charge on any atom is -0.494 e. The summed E-state index contributed by atoms with van der Waals surface area (Å²) in [5, 5.41) is 0. The monoisotopic (exact) mass is 790 g/mol. The van der Waals surface area contributed by atoms with Crippen molar-refractivity contribution < 1.29 is 38.1 Å². The van der Waals surface area contributed by atoms with Crippen LogP contribution in [0.15, 0.2) is 61.7 Å². The molecule has 3 rings (SSSR count). The van der Waals surface area contributed by atoms with Crippen LogP contribution in [0.2, 0.25) is 0 Å². The van der Waals surface area contributed by atoms with Gasteiger partial charge in [0.15, 0.2) is 0 Å². The van der Waals surface area contributed by atoms with Gasteiger partial charge in [-0.15, -0.1) is 11.3 Å². The molecule has 1 aliphatic carbocycles. The molecule has 0 unspecified atom stereocenters. The molecule has 0 amide bonds. The van der Waals surface area contributed by atoms with Crippen LogP contribution in [-0.4, -0.2) is 50.4 Å². The highest BCUT2D eigenvalue weighted by Crippen LogP contribution is 2.37. The third kappa shape index (κ3) is 22.0. The lowest BCUT2D eigenvalue weighted by atomic mass is 9.86. The Morgan fingerprint density at radius 2 is 1.05 bits per heavy atom. The average Bonchev–Trinajstić information content (AvgIpc) is 3.70. The van der Waals surface area contributed by atoms with E-state index in [1.807, 2.05) is 18.2 Å². The van der Waals surface area contributed by atoms with Gasteiger partial charge in [-0.05, 0) is 99.6 Å². The Labute approximate surface area is 340 Å². The number of hydrogen-bond acceptors (Lipinski definition) is 9. The molecule has 1 aliphatic rings. The Morgan fingerprint density at radius 3 is 1.57 bits per heavy atom. The van der Waals surface area contributed by atoms with Crippen molar-refractivity contribution >= 4 is 29.2 Å². The van der Waals surface area contributed by atoms with Gasteiger partial charge in [-0.2, -0.15) is 0 Å². The fraction of sp³-hybridized carbons (Fsp3) is 0.596. The predicted molar refractivity (Wildman–Crippen MR) is 225 cm³/mol. The van der Waals surface area contributed by atoms with Crippen LogP contribution < -0.4 is 9.47 Å². The zero-order valence-corrected chi connectivity index (χ0v) is 34.6. The van der Waals surface area contributed by atoms with E-state index < -0.39 is 5.97 Å². The van der Waals surface area contributed by atoms with Crippen LogP contribution in [0.3, 0.4) is 0 Å². The van der Waals surface area contributed by atoms with Crippen LogP contribution in [-0.2, 0) is 28.6 Å². The molecular weight excluding hydrogens is 725 g/mol. The third-order valence-electron chi connectivity index (χ3n) is 10.0. The van der Waals surface area contributed by atoms with Crippen molar-refractivity contribution in [2.75, 3.05) is 26.4 Å². The molecule has 1 aromatic heterocycles. The Morgan fingerprint density at radius 1 is 0.589 bits per heavy atom. The van der Waals surface area contributed by atoms with Crippen molar-refractivity contribution in [2.24, 2.45) is 0 Å². The first kappa shape index (κ1) is 46.5. The van der Waals surface area contributed by atoms with E-state index in [2.05, 4.69) is 31.1 Å². The number of rotatable bonds is 30. The normalized spacial score (nSPS) is 14.9. The minimum atomic E-state index is -0.572. The van der Waals surface area contributed by atoms with Gasteiger partial charge < -0.3 is 23.7 Å². The first-order valence-electron chi connectivity index (χ1n) is 21.2. The number of ether oxygens (including phenoxy) is 5. The molecule has 1 heterocycles. The molecule has 9 heteroatoms. The van der Waals surface area contributed by atoms with Crippen LogP contribution in [0.1, 0.15) is 157 Å². The fourth-order valence-electron chi connectivity index (χ4n) is 6.79. The van der Waals surface area contributed by atoms with Crippen molar-refractivity contribution in [1.82, 2.24) is 0 Å². The Hall–Kier alpha value is -3.87. The highest BCUT2D eigenvalue weighted by molar-refractivity contribution is 7.12. The van der Waals surface area contributed by atoms with Gasteiger partial charge in [-0.1, -0.05) is 103 Å². The molecule has 308 valence electrons. The second-order valence-electron chi connectivity index (χ2n) is 14.6. The summed E-state index contributed by atoms with van der Waals surface area (Å²) in [7, 11) is 0. The maximum Gasteiger partial charge on any atom is 0.390 e. The summed E-state index contributed by atoms with van der Waals surface area (Å²) in [6, 6.07) is 11.3. The fourth-order valence-corrected chi connectivity index (χ4v) is 7.82. The van der Waals surface area contributed by atoms with E-state index in [0.717, 1.165) is 87.9 Å². The summed E-state index contributed by atoms with van der Waals surface area (Å²) >= 11 is 1.68. The number of esters is 3. The number of unbranched alkanes of at least 4 members (excludes halogenated alkanes) is 16. The lowest BCUT2D eigenvalue weighted by molar-refractivity contribution is -0.138. The molecule has 0 N–H and O–H groups in total. The topological polar surface area (TPSA) is 97.4 Å². The van der Waals surface area contributed by atoms with E-state index in [1.54, 1.807) is 23.5 Å². The summed E-state index contributed by atoms with van der Waals surface area (Å²) < 4.78 is 27.5. The van der Waals surface area contributed by atoms with Crippen molar-refractivity contribution in [3.63, 3.8) is 0 Å². The number of hydrogen-bond donors (Lipinski definition) is 0. The van der Waals surface area contributed by atoms with Crippen LogP contribution in [0.4, 0.5) is 0 Å². The van der Waals surface area contributed by atoms with E-state index in [4.69, 9.17) is 23.7 Å². The van der Waals surface area contributed by atoms with E-state index >= 15 is 0 Å². The summed E-state index contributed by atoms with van der Waals surface area (Å²) in [6.07, 6.45) is 28.1. The molecular formula is C47H66O8S. The standard InChI is InChI=1S/C47H66O8S/c1-3-45(48)53-37-21-17-13-9-5-7-11-15-19-35-51-40-25-23-39(24-26-40)44-33-31-43(56-44)32-34-47(50)55-42-29-27-41(28-30-42)52-36-20-16-12-8-6-10-14-18-22-38-54-46(49)4-2/h3-4,27-31,33,39-40H,1-2,5-26,35-38H2. The molecule has 0 atom stereocenters. The molecule has 0 aliphatic heterocycles. The van der Waals surface area contributed by atoms with Crippen molar-refractivity contribution in [2.45, 2.75) is 153 Å². The van der Waals surface area contributed by atoms with Crippen LogP contribution >= 0.6 is 11.3 Å². The number of thiophene rings is 1. The lowest BCUT2D eigenvalue weighted by Gasteiger charge is -2.28. The zero-order valence-electron chi connectivity index (χ0n) is 33.7. The number of carbonyl (C=O) groups is 3. The third-order valence-corrected chi connectivity index (χ3v) is 11.2. The second-order valence-corrected chi connectivity index (χ2v) is 15.7. The molecule has 0 saturated heterocycles. The van der Waals surface area contributed by atoms with Gasteiger partial charge in [0.1, 0.15) is 11.5 Å². The molecule has 0 bridgehead atoms. The molecule has 1 saturated carbocycles. The maximum atomic E-state index is 12.4. The van der Waals surface area contributed by atoms with Gasteiger partial charge in [0.05, 0.1) is 30.8 Å². The minimum absolute atomic E-state index is 0.331. The van der Waals surface area contributed by atoms with Gasteiger partial charge in [-0.3, -0.25) is 0 Å². The Balaban J connectivity index is 1.16. The summed E-state index contributed by atoms with van der Waals surface area (Å²) in [6.45, 7) is 9.30. The van der Waals surface area contributed by atoms with Gasteiger partial charge in [0.25, 0.3) is 0 Å². The lowest BCUT2D eigenvalue weighted by Crippen LogP contribution is -2.21. The zero-order chi connectivity index (χ0) is 39.9. The highest BCUT2D eigenvalue weighted by Gasteiger charge is 2.23. The van der Waals surface area contributed by atoms with Gasteiger partial charge in [0.2, 0.25) is 0 Å². The predicted octanol–water partition coefficient (Wildman–Crippen LogP) is 11.6. The summed E-state index contributed by atoms with van der Waals surface area (Å²) in [4.78, 5) is 36.7. The molecule has 0 spiro atoms. The molecule has 1 fully saturated rings. The maximum absolute atomic E-state index is 12.4. The quantitative estimate of drug-likeness (QED) is 0.0254. The van der Waals surface area contributed by atoms with Crippen molar-refractivity contribution in [3.8, 4) is 23.3 Å². The van der Waals surface area contributed by atoms with Crippen LogP contribution in [0, 0.1) is 11.8 Å². The first-order valence-corrected chi connectivity index (χ1v) is 22.0. The Bertz CT molecular complexity index is 1460. The molecule has 56 heavy (non-hydrogen) atoms. The molecule has 1 aromatic carbocycles.